The Bertz CT molecular complexity index is 467. The second kappa shape index (κ2) is 7.03. The Morgan fingerprint density at radius 1 is 1.22 bits per heavy atom. The first-order chi connectivity index (χ1) is 8.56. The van der Waals surface area contributed by atoms with Gasteiger partial charge in [0, 0.05) is 5.56 Å². The van der Waals surface area contributed by atoms with Gasteiger partial charge in [-0.15, -0.1) is 0 Å². The van der Waals surface area contributed by atoms with Gasteiger partial charge in [-0.1, -0.05) is 41.4 Å². The molecule has 96 valence electrons. The lowest BCUT2D eigenvalue weighted by molar-refractivity contribution is -0.138. The molecule has 0 spiro atoms. The Balaban J connectivity index is 2.84. The van der Waals surface area contributed by atoms with Crippen LogP contribution in [-0.2, 0) is 9.53 Å². The van der Waals surface area contributed by atoms with E-state index in [0.717, 1.165) is 0 Å². The second-order valence-corrected chi connectivity index (χ2v) is 4.13. The van der Waals surface area contributed by atoms with Gasteiger partial charge in [0.1, 0.15) is 4.49 Å². The van der Waals surface area contributed by atoms with E-state index >= 15 is 0 Å². The fourth-order valence-corrected chi connectivity index (χ4v) is 1.40. The van der Waals surface area contributed by atoms with Crippen LogP contribution < -0.4 is 5.32 Å². The number of benzene rings is 1. The van der Waals surface area contributed by atoms with E-state index in [1.165, 1.54) is 0 Å². The van der Waals surface area contributed by atoms with Crippen molar-refractivity contribution in [2.24, 2.45) is 0 Å². The number of amides is 1. The highest BCUT2D eigenvalue weighted by atomic mass is 35.5. The highest BCUT2D eigenvalue weighted by molar-refractivity contribution is 6.57. The lowest BCUT2D eigenvalue weighted by atomic mass is 10.2. The molecule has 0 bridgehead atoms. The number of esters is 1. The third-order valence-electron chi connectivity index (χ3n) is 1.94. The summed E-state index contributed by atoms with van der Waals surface area (Å²) in [6, 6.07) is 8.36. The molecule has 1 N–H and O–H groups in total. The summed E-state index contributed by atoms with van der Waals surface area (Å²) in [5, 5.41) is 2.32. The zero-order valence-corrected chi connectivity index (χ0v) is 11.1. The van der Waals surface area contributed by atoms with E-state index < -0.39 is 11.9 Å². The molecule has 0 radical (unpaired) electrons. The van der Waals surface area contributed by atoms with Gasteiger partial charge in [0.25, 0.3) is 5.91 Å². The predicted octanol–water partition coefficient (Wildman–Crippen LogP) is 2.63. The molecule has 0 saturated heterocycles. The summed E-state index contributed by atoms with van der Waals surface area (Å²) in [7, 11) is 0. The molecule has 0 aliphatic rings. The van der Waals surface area contributed by atoms with Gasteiger partial charge in [-0.05, 0) is 19.1 Å². The average Bonchev–Trinajstić information content (AvgIpc) is 2.36. The number of nitrogens with one attached hydrogen (secondary N) is 1. The van der Waals surface area contributed by atoms with E-state index in [9.17, 15) is 9.59 Å². The van der Waals surface area contributed by atoms with Crippen LogP contribution in [0.3, 0.4) is 0 Å². The van der Waals surface area contributed by atoms with Gasteiger partial charge in [0.05, 0.1) is 6.61 Å². The summed E-state index contributed by atoms with van der Waals surface area (Å²) in [6.45, 7) is 1.79. The van der Waals surface area contributed by atoms with Gasteiger partial charge in [-0.25, -0.2) is 4.79 Å². The van der Waals surface area contributed by atoms with Crippen LogP contribution >= 0.6 is 23.2 Å². The fraction of sp³-hybridized carbons (Fsp3) is 0.167. The minimum absolute atomic E-state index is 0.157. The molecule has 1 amide bonds. The number of rotatable bonds is 4. The van der Waals surface area contributed by atoms with Crippen LogP contribution in [0, 0.1) is 0 Å². The smallest absolute Gasteiger partial charge is 0.357 e. The van der Waals surface area contributed by atoms with Crippen LogP contribution in [0.5, 0.6) is 0 Å². The van der Waals surface area contributed by atoms with Crippen molar-refractivity contribution in [3.05, 3.63) is 46.1 Å². The Hall–Kier alpha value is -1.52. The monoisotopic (exact) mass is 287 g/mol. The Labute approximate surface area is 115 Å². The van der Waals surface area contributed by atoms with Crippen molar-refractivity contribution in [2.45, 2.75) is 6.92 Å². The first-order valence-electron chi connectivity index (χ1n) is 5.15. The van der Waals surface area contributed by atoms with E-state index in [2.05, 4.69) is 5.32 Å². The first kappa shape index (κ1) is 14.5. The molecule has 0 saturated carbocycles. The van der Waals surface area contributed by atoms with Crippen molar-refractivity contribution in [1.82, 2.24) is 5.32 Å². The summed E-state index contributed by atoms with van der Waals surface area (Å²) in [6.07, 6.45) is 0. The van der Waals surface area contributed by atoms with Crippen LogP contribution in [0.4, 0.5) is 0 Å². The van der Waals surface area contributed by atoms with Crippen LogP contribution in [0.15, 0.2) is 40.5 Å². The number of carbonyl (C=O) groups is 2. The standard InChI is InChI=1S/C12H11Cl2NO3/c1-2-18-12(17)9(10(13)14)15-11(16)8-6-4-3-5-7-8/h3-7H,2H2,1H3,(H,15,16). The van der Waals surface area contributed by atoms with Gasteiger partial charge in [0.2, 0.25) is 0 Å². The highest BCUT2D eigenvalue weighted by Gasteiger charge is 2.18. The van der Waals surface area contributed by atoms with Crippen molar-refractivity contribution in [1.29, 1.82) is 0 Å². The fourth-order valence-electron chi connectivity index (χ4n) is 1.15. The van der Waals surface area contributed by atoms with E-state index in [-0.39, 0.29) is 16.8 Å². The number of halogens is 2. The van der Waals surface area contributed by atoms with Gasteiger partial charge < -0.3 is 10.1 Å². The summed E-state index contributed by atoms with van der Waals surface area (Å²) in [4.78, 5) is 23.3. The number of hydrogen-bond acceptors (Lipinski definition) is 3. The topological polar surface area (TPSA) is 55.4 Å². The van der Waals surface area contributed by atoms with Crippen molar-refractivity contribution in [2.75, 3.05) is 6.61 Å². The maximum absolute atomic E-state index is 11.8. The van der Waals surface area contributed by atoms with Gasteiger partial charge >= 0.3 is 5.97 Å². The second-order valence-electron chi connectivity index (χ2n) is 3.18. The van der Waals surface area contributed by atoms with Crippen molar-refractivity contribution >= 4 is 35.1 Å². The zero-order valence-electron chi connectivity index (χ0n) is 9.57. The van der Waals surface area contributed by atoms with E-state index in [1.54, 1.807) is 37.3 Å². The summed E-state index contributed by atoms with van der Waals surface area (Å²) in [5.74, 6) is -1.26. The molecule has 4 nitrogen and oxygen atoms in total. The molecule has 6 heteroatoms. The summed E-state index contributed by atoms with van der Waals surface area (Å²) in [5.41, 5.74) is 0.114. The van der Waals surface area contributed by atoms with Crippen molar-refractivity contribution in [3.8, 4) is 0 Å². The maximum atomic E-state index is 11.8. The minimum Gasteiger partial charge on any atom is -0.461 e. The van der Waals surface area contributed by atoms with Crippen LogP contribution in [0.2, 0.25) is 0 Å². The molecule has 1 aromatic carbocycles. The molecular weight excluding hydrogens is 277 g/mol. The maximum Gasteiger partial charge on any atom is 0.357 e. The van der Waals surface area contributed by atoms with Crippen LogP contribution in [-0.4, -0.2) is 18.5 Å². The van der Waals surface area contributed by atoms with Gasteiger partial charge in [-0.2, -0.15) is 0 Å². The van der Waals surface area contributed by atoms with Gasteiger partial charge in [-0.3, -0.25) is 4.79 Å². The quantitative estimate of drug-likeness (QED) is 0.684. The van der Waals surface area contributed by atoms with Crippen molar-refractivity contribution < 1.29 is 14.3 Å². The average molecular weight is 288 g/mol. The highest BCUT2D eigenvalue weighted by Crippen LogP contribution is 2.14. The molecule has 18 heavy (non-hydrogen) atoms. The summed E-state index contributed by atoms with van der Waals surface area (Å²) >= 11 is 11.1. The first-order valence-corrected chi connectivity index (χ1v) is 5.90. The molecule has 1 aromatic rings. The molecule has 1 rings (SSSR count). The zero-order chi connectivity index (χ0) is 13.5. The van der Waals surface area contributed by atoms with E-state index in [1.807, 2.05) is 0 Å². The Morgan fingerprint density at radius 2 is 1.83 bits per heavy atom. The molecule has 0 aliphatic heterocycles. The summed E-state index contributed by atoms with van der Waals surface area (Å²) < 4.78 is 4.37. The molecule has 0 aromatic heterocycles. The molecule has 0 fully saturated rings. The van der Waals surface area contributed by atoms with E-state index in [4.69, 9.17) is 27.9 Å². The minimum atomic E-state index is -0.776. The van der Waals surface area contributed by atoms with Gasteiger partial charge in [0.15, 0.2) is 5.70 Å². The third kappa shape index (κ3) is 4.05. The normalized spacial score (nSPS) is 9.50. The Kier molecular flexibility index (Phi) is 5.68. The molecule has 0 unspecified atom stereocenters. The molecular formula is C12H11Cl2NO3. The number of carbonyl (C=O) groups excluding carboxylic acids is 2. The SMILES string of the molecule is CCOC(=O)C(NC(=O)c1ccccc1)=C(Cl)Cl. The predicted molar refractivity (Wildman–Crippen MR) is 69.3 cm³/mol. The van der Waals surface area contributed by atoms with Crippen LogP contribution in [0.1, 0.15) is 17.3 Å². The van der Waals surface area contributed by atoms with E-state index in [0.29, 0.717) is 5.56 Å². The number of hydrogen-bond donors (Lipinski definition) is 1. The lowest BCUT2D eigenvalue weighted by Gasteiger charge is -2.09. The molecule has 0 atom stereocenters. The molecule has 0 heterocycles. The lowest BCUT2D eigenvalue weighted by Crippen LogP contribution is -2.29. The number of ether oxygens (including phenoxy) is 1. The molecule has 0 aliphatic carbocycles. The third-order valence-corrected chi connectivity index (χ3v) is 2.32. The van der Waals surface area contributed by atoms with Crippen molar-refractivity contribution in [3.63, 3.8) is 0 Å². The largest absolute Gasteiger partial charge is 0.461 e. The Morgan fingerprint density at radius 3 is 2.33 bits per heavy atom. The van der Waals surface area contributed by atoms with Crippen LogP contribution in [0.25, 0.3) is 0 Å².